The molecule has 4 rings (SSSR count). The number of hydrogen-bond acceptors (Lipinski definition) is 4. The monoisotopic (exact) mass is 494 g/mol. The van der Waals surface area contributed by atoms with Crippen LogP contribution in [0.1, 0.15) is 44.6 Å². The minimum atomic E-state index is -5.10. The van der Waals surface area contributed by atoms with Crippen LogP contribution in [-0.4, -0.2) is 33.7 Å². The number of alkyl halides is 6. The van der Waals surface area contributed by atoms with Crippen LogP contribution in [0.25, 0.3) is 0 Å². The van der Waals surface area contributed by atoms with E-state index in [1.165, 1.54) is 49.8 Å². The molecule has 0 radical (unpaired) electrons. The van der Waals surface area contributed by atoms with Crippen LogP contribution in [0, 0.1) is 0 Å². The number of nitrogens with one attached hydrogen (secondary N) is 1. The van der Waals surface area contributed by atoms with E-state index < -0.39 is 52.8 Å². The van der Waals surface area contributed by atoms with Crippen molar-refractivity contribution in [1.82, 2.24) is 14.9 Å². The zero-order valence-electron chi connectivity index (χ0n) is 17.9. The predicted octanol–water partition coefficient (Wildman–Crippen LogP) is 5.06. The molecule has 0 spiro atoms. The van der Waals surface area contributed by atoms with Gasteiger partial charge in [-0.25, -0.2) is 9.97 Å². The van der Waals surface area contributed by atoms with Crippen molar-refractivity contribution in [2.24, 2.45) is 0 Å². The molecule has 0 bridgehead atoms. The summed E-state index contributed by atoms with van der Waals surface area (Å²) >= 11 is 0. The van der Waals surface area contributed by atoms with Gasteiger partial charge in [-0.3, -0.25) is 14.9 Å². The molecule has 0 aliphatic carbocycles. The Hall–Kier alpha value is -3.96. The molecule has 35 heavy (non-hydrogen) atoms. The molecule has 2 aromatic carbocycles. The molecule has 0 fully saturated rings. The third-order valence-electron chi connectivity index (χ3n) is 5.61. The summed E-state index contributed by atoms with van der Waals surface area (Å²) in [5.41, 5.74) is -3.34. The second-order valence-corrected chi connectivity index (χ2v) is 7.83. The number of carbonyl (C=O) groups is 2. The van der Waals surface area contributed by atoms with Crippen molar-refractivity contribution in [2.75, 3.05) is 12.4 Å². The Labute approximate surface area is 194 Å². The Bertz CT molecular complexity index is 1240. The Balaban J connectivity index is 1.92. The molecular formula is C23H16F6N4O2. The first-order chi connectivity index (χ1) is 16.4. The van der Waals surface area contributed by atoms with E-state index in [1.54, 1.807) is 0 Å². The molecular weight excluding hydrogens is 478 g/mol. The normalized spacial score (nSPS) is 18.3. The van der Waals surface area contributed by atoms with Crippen LogP contribution >= 0.6 is 0 Å². The van der Waals surface area contributed by atoms with Crippen LogP contribution < -0.4 is 5.32 Å². The maximum Gasteiger partial charge on any atom is 0.416 e. The smallest absolute Gasteiger partial charge is 0.334 e. The maximum atomic E-state index is 13.5. The fourth-order valence-electron chi connectivity index (χ4n) is 4.07. The molecule has 12 heteroatoms. The molecule has 1 N–H and O–H groups in total. The van der Waals surface area contributed by atoms with Gasteiger partial charge in [-0.15, -0.1) is 0 Å². The van der Waals surface area contributed by atoms with Crippen molar-refractivity contribution < 1.29 is 35.9 Å². The van der Waals surface area contributed by atoms with E-state index in [2.05, 4.69) is 15.3 Å². The lowest BCUT2D eigenvalue weighted by Crippen LogP contribution is -2.44. The fraction of sp³-hybridized carbons (Fsp3) is 0.217. The SMILES string of the molecule is CN1C(=O)c2ccccc2C(C(=O)Nc2ncccn2)C1c1cc(C(F)(F)F)cc(C(F)(F)F)c1. The number of aromatic nitrogens is 2. The maximum absolute atomic E-state index is 13.5. The number of fused-ring (bicyclic) bond motifs is 1. The number of hydrogen-bond donors (Lipinski definition) is 1. The Morgan fingerprint density at radius 2 is 1.49 bits per heavy atom. The molecule has 3 aromatic rings. The number of anilines is 1. The molecule has 0 saturated carbocycles. The number of benzene rings is 2. The van der Waals surface area contributed by atoms with Crippen LogP contribution in [0.3, 0.4) is 0 Å². The van der Waals surface area contributed by atoms with E-state index >= 15 is 0 Å². The van der Waals surface area contributed by atoms with Gasteiger partial charge in [-0.2, -0.15) is 26.3 Å². The minimum absolute atomic E-state index is 0.00498. The van der Waals surface area contributed by atoms with E-state index in [1.807, 2.05) is 0 Å². The molecule has 2 heterocycles. The third-order valence-corrected chi connectivity index (χ3v) is 5.61. The molecule has 2 unspecified atom stereocenters. The van der Waals surface area contributed by atoms with Crippen LogP contribution in [0.2, 0.25) is 0 Å². The second kappa shape index (κ2) is 8.67. The molecule has 0 saturated heterocycles. The van der Waals surface area contributed by atoms with Crippen LogP contribution in [-0.2, 0) is 17.1 Å². The summed E-state index contributed by atoms with van der Waals surface area (Å²) in [6, 6.07) is 6.96. The van der Waals surface area contributed by atoms with Crippen molar-refractivity contribution in [3.63, 3.8) is 0 Å². The summed E-state index contributed by atoms with van der Waals surface area (Å²) in [6.07, 6.45) is -7.51. The highest BCUT2D eigenvalue weighted by atomic mass is 19.4. The standard InChI is InChI=1S/C23H16F6N4O2/c1-33-18(12-9-13(22(24,25)26)11-14(10-12)23(27,28)29)17(15-5-2-3-6-16(15)20(33)35)19(34)32-21-30-7-4-8-31-21/h2-11,17-18H,1H3,(H,30,31,32,34). The minimum Gasteiger partial charge on any atom is -0.334 e. The summed E-state index contributed by atoms with van der Waals surface area (Å²) in [5, 5.41) is 2.43. The van der Waals surface area contributed by atoms with Crippen LogP contribution in [0.15, 0.2) is 60.9 Å². The molecule has 1 aromatic heterocycles. The number of carbonyl (C=O) groups excluding carboxylic acids is 2. The van der Waals surface area contributed by atoms with E-state index in [0.717, 1.165) is 4.90 Å². The van der Waals surface area contributed by atoms with E-state index in [0.29, 0.717) is 12.1 Å². The van der Waals surface area contributed by atoms with Crippen molar-refractivity contribution in [2.45, 2.75) is 24.3 Å². The summed E-state index contributed by atoms with van der Waals surface area (Å²) in [7, 11) is 1.22. The summed E-state index contributed by atoms with van der Waals surface area (Å²) in [4.78, 5) is 35.1. The first kappa shape index (κ1) is 24.2. The Morgan fingerprint density at radius 3 is 2.06 bits per heavy atom. The van der Waals surface area contributed by atoms with Crippen molar-refractivity contribution in [1.29, 1.82) is 0 Å². The highest BCUT2D eigenvalue weighted by molar-refractivity contribution is 6.03. The van der Waals surface area contributed by atoms with Crippen molar-refractivity contribution in [3.05, 3.63) is 88.7 Å². The first-order valence-electron chi connectivity index (χ1n) is 10.1. The number of amides is 2. The number of halogens is 6. The van der Waals surface area contributed by atoms with Gasteiger partial charge in [0.25, 0.3) is 5.91 Å². The van der Waals surface area contributed by atoms with E-state index in [9.17, 15) is 35.9 Å². The topological polar surface area (TPSA) is 75.2 Å². The predicted molar refractivity (Wildman–Crippen MR) is 111 cm³/mol. The van der Waals surface area contributed by atoms with Crippen molar-refractivity contribution in [3.8, 4) is 0 Å². The van der Waals surface area contributed by atoms with E-state index in [-0.39, 0.29) is 23.1 Å². The van der Waals surface area contributed by atoms with Gasteiger partial charge < -0.3 is 4.90 Å². The van der Waals surface area contributed by atoms with Gasteiger partial charge in [-0.05, 0) is 41.5 Å². The van der Waals surface area contributed by atoms with Crippen LogP contribution in [0.5, 0.6) is 0 Å². The lowest BCUT2D eigenvalue weighted by Gasteiger charge is -2.40. The number of nitrogens with zero attached hydrogens (tertiary/aromatic N) is 3. The van der Waals surface area contributed by atoms with Gasteiger partial charge in [0.05, 0.1) is 23.1 Å². The molecule has 1 aliphatic heterocycles. The molecule has 2 amide bonds. The van der Waals surface area contributed by atoms with Gasteiger partial charge in [0, 0.05) is 25.0 Å². The quantitative estimate of drug-likeness (QED) is 0.517. The first-order valence-corrected chi connectivity index (χ1v) is 10.1. The lowest BCUT2D eigenvalue weighted by molar-refractivity contribution is -0.143. The zero-order chi connectivity index (χ0) is 25.5. The van der Waals surface area contributed by atoms with Gasteiger partial charge in [0.2, 0.25) is 11.9 Å². The third kappa shape index (κ3) is 4.68. The fourth-order valence-corrected chi connectivity index (χ4v) is 4.07. The van der Waals surface area contributed by atoms with Gasteiger partial charge in [-0.1, -0.05) is 18.2 Å². The Kier molecular flexibility index (Phi) is 5.99. The Morgan fingerprint density at radius 1 is 0.914 bits per heavy atom. The zero-order valence-corrected chi connectivity index (χ0v) is 17.9. The molecule has 2 atom stereocenters. The summed E-state index contributed by atoms with van der Waals surface area (Å²) in [6.45, 7) is 0. The van der Waals surface area contributed by atoms with Gasteiger partial charge >= 0.3 is 12.4 Å². The highest BCUT2D eigenvalue weighted by Crippen LogP contribution is 2.45. The van der Waals surface area contributed by atoms with Gasteiger partial charge in [0.15, 0.2) is 0 Å². The highest BCUT2D eigenvalue weighted by Gasteiger charge is 2.45. The van der Waals surface area contributed by atoms with Crippen molar-refractivity contribution >= 4 is 17.8 Å². The summed E-state index contributed by atoms with van der Waals surface area (Å²) < 4.78 is 81.1. The molecule has 6 nitrogen and oxygen atoms in total. The van der Waals surface area contributed by atoms with Gasteiger partial charge in [0.1, 0.15) is 0 Å². The van der Waals surface area contributed by atoms with Crippen LogP contribution in [0.4, 0.5) is 32.3 Å². The lowest BCUT2D eigenvalue weighted by atomic mass is 9.78. The summed E-state index contributed by atoms with van der Waals surface area (Å²) in [5.74, 6) is -2.94. The number of rotatable bonds is 3. The molecule has 182 valence electrons. The number of likely N-dealkylation sites (N-methyl/N-ethyl adjacent to an activating group) is 1. The van der Waals surface area contributed by atoms with E-state index in [4.69, 9.17) is 0 Å². The average Bonchev–Trinajstić information content (AvgIpc) is 2.80. The molecule has 1 aliphatic rings. The largest absolute Gasteiger partial charge is 0.416 e. The average molecular weight is 494 g/mol. The second-order valence-electron chi connectivity index (χ2n) is 7.83.